The number of aromatic nitrogens is 1. The molecule has 0 saturated carbocycles. The van der Waals surface area contributed by atoms with E-state index in [2.05, 4.69) is 58.4 Å². The summed E-state index contributed by atoms with van der Waals surface area (Å²) < 4.78 is 5.55. The third-order valence-corrected chi connectivity index (χ3v) is 7.46. The minimum Gasteiger partial charge on any atom is -0.496 e. The topological polar surface area (TPSA) is 25.4 Å². The molecule has 2 aliphatic heterocycles. The number of rotatable bonds is 3. The summed E-state index contributed by atoms with van der Waals surface area (Å²) >= 11 is 8.32. The molecule has 0 amide bonds. The standard InChI is InChI=1S/C27H21ClN2OS/c1-31-23-9-3-2-8-21(23)18-11-12-20-19(15-25(28)29-22(20)14-18)16-26-30-13-5-7-17-6-4-10-24(32-26)27(17)30/h2-4,6,8-12,14-16H,5,7,13H2,1H3/b26-16-. The fourth-order valence-electron chi connectivity index (χ4n) is 4.72. The van der Waals surface area contributed by atoms with Crippen LogP contribution in [-0.4, -0.2) is 18.6 Å². The zero-order valence-corrected chi connectivity index (χ0v) is 19.2. The lowest BCUT2D eigenvalue weighted by molar-refractivity contribution is 0.416. The second kappa shape index (κ2) is 7.88. The molecule has 0 spiro atoms. The lowest BCUT2D eigenvalue weighted by Gasteiger charge is -2.27. The third-order valence-electron chi connectivity index (χ3n) is 6.17. The molecule has 0 bridgehead atoms. The number of para-hydroxylation sites is 2. The van der Waals surface area contributed by atoms with Crippen molar-refractivity contribution in [2.75, 3.05) is 18.6 Å². The number of anilines is 1. The van der Waals surface area contributed by atoms with E-state index in [1.165, 1.54) is 27.6 Å². The molecular formula is C27H21ClN2OS. The van der Waals surface area contributed by atoms with Crippen molar-refractivity contribution in [3.8, 4) is 16.9 Å². The molecule has 0 saturated heterocycles. The summed E-state index contributed by atoms with van der Waals surface area (Å²) in [5.74, 6) is 0.845. The molecular weight excluding hydrogens is 436 g/mol. The van der Waals surface area contributed by atoms with Gasteiger partial charge in [-0.15, -0.1) is 0 Å². The van der Waals surface area contributed by atoms with E-state index in [1.54, 1.807) is 7.11 Å². The van der Waals surface area contributed by atoms with E-state index in [-0.39, 0.29) is 0 Å². The average Bonchev–Trinajstić information content (AvgIpc) is 3.17. The number of methoxy groups -OCH3 is 1. The minimum absolute atomic E-state index is 0.501. The SMILES string of the molecule is COc1ccccc1-c1ccc2c(/C=C3\Sc4cccc5c4N3CCC5)cc(Cl)nc2c1. The molecule has 158 valence electrons. The molecule has 0 fully saturated rings. The van der Waals surface area contributed by atoms with Crippen LogP contribution >= 0.6 is 23.4 Å². The zero-order chi connectivity index (χ0) is 21.7. The molecule has 0 radical (unpaired) electrons. The zero-order valence-electron chi connectivity index (χ0n) is 17.6. The van der Waals surface area contributed by atoms with Gasteiger partial charge in [0.1, 0.15) is 10.9 Å². The smallest absolute Gasteiger partial charge is 0.130 e. The highest BCUT2D eigenvalue weighted by Crippen LogP contribution is 2.50. The lowest BCUT2D eigenvalue weighted by atomic mass is 10.0. The van der Waals surface area contributed by atoms with Gasteiger partial charge in [0, 0.05) is 22.4 Å². The van der Waals surface area contributed by atoms with Crippen molar-refractivity contribution in [1.29, 1.82) is 0 Å². The van der Waals surface area contributed by atoms with E-state index in [0.717, 1.165) is 46.3 Å². The van der Waals surface area contributed by atoms with Gasteiger partial charge in [-0.25, -0.2) is 4.98 Å². The van der Waals surface area contributed by atoms with E-state index < -0.39 is 0 Å². The quantitative estimate of drug-likeness (QED) is 0.299. The van der Waals surface area contributed by atoms with E-state index in [9.17, 15) is 0 Å². The number of ether oxygens (including phenoxy) is 1. The van der Waals surface area contributed by atoms with E-state index in [4.69, 9.17) is 16.3 Å². The third kappa shape index (κ3) is 3.26. The van der Waals surface area contributed by atoms with Gasteiger partial charge in [0.05, 0.1) is 23.3 Å². The normalized spacial score (nSPS) is 15.9. The number of nitrogens with zero attached hydrogens (tertiary/aromatic N) is 2. The number of hydrogen-bond acceptors (Lipinski definition) is 4. The van der Waals surface area contributed by atoms with Crippen LogP contribution in [0.25, 0.3) is 28.1 Å². The Kier molecular flexibility index (Phi) is 4.85. The van der Waals surface area contributed by atoms with E-state index in [1.807, 2.05) is 36.0 Å². The molecule has 4 aromatic rings. The van der Waals surface area contributed by atoms with Crippen LogP contribution in [0.4, 0.5) is 5.69 Å². The fraction of sp³-hybridized carbons (Fsp3) is 0.148. The van der Waals surface area contributed by atoms with Crippen LogP contribution in [0.2, 0.25) is 5.15 Å². The Labute approximate surface area is 196 Å². The van der Waals surface area contributed by atoms with Crippen LogP contribution in [0.15, 0.2) is 76.7 Å². The van der Waals surface area contributed by atoms with Crippen molar-refractivity contribution < 1.29 is 4.74 Å². The predicted octanol–water partition coefficient (Wildman–Crippen LogP) is 7.42. The number of halogens is 1. The Bertz CT molecular complexity index is 1400. The van der Waals surface area contributed by atoms with Crippen LogP contribution in [0.3, 0.4) is 0 Å². The first-order chi connectivity index (χ1) is 15.7. The summed E-state index contributed by atoms with van der Waals surface area (Å²) in [6.07, 6.45) is 4.59. The van der Waals surface area contributed by atoms with Gasteiger partial charge in [-0.05, 0) is 59.9 Å². The molecule has 3 nitrogen and oxygen atoms in total. The molecule has 2 aliphatic rings. The van der Waals surface area contributed by atoms with Crippen LogP contribution in [0.1, 0.15) is 17.5 Å². The van der Waals surface area contributed by atoms with Gasteiger partial charge in [0.15, 0.2) is 0 Å². The maximum Gasteiger partial charge on any atom is 0.130 e. The second-order valence-electron chi connectivity index (χ2n) is 8.07. The first kappa shape index (κ1) is 19.7. The first-order valence-electron chi connectivity index (χ1n) is 10.7. The van der Waals surface area contributed by atoms with Crippen LogP contribution < -0.4 is 9.64 Å². The van der Waals surface area contributed by atoms with Crippen LogP contribution in [0.5, 0.6) is 5.75 Å². The van der Waals surface area contributed by atoms with Crippen molar-refractivity contribution in [1.82, 2.24) is 4.98 Å². The van der Waals surface area contributed by atoms with E-state index in [0.29, 0.717) is 5.15 Å². The molecule has 0 N–H and O–H groups in total. The summed E-state index contributed by atoms with van der Waals surface area (Å²) in [6, 6.07) is 23.0. The number of fused-ring (bicyclic) bond motifs is 1. The molecule has 1 aromatic heterocycles. The summed E-state index contributed by atoms with van der Waals surface area (Å²) in [4.78, 5) is 8.44. The number of aryl methyl sites for hydroxylation is 1. The number of benzene rings is 3. The van der Waals surface area contributed by atoms with Crippen LogP contribution in [-0.2, 0) is 6.42 Å². The molecule has 0 aliphatic carbocycles. The summed E-state index contributed by atoms with van der Waals surface area (Å²) in [7, 11) is 1.70. The van der Waals surface area contributed by atoms with Gasteiger partial charge >= 0.3 is 0 Å². The molecule has 32 heavy (non-hydrogen) atoms. The van der Waals surface area contributed by atoms with Gasteiger partial charge in [0.2, 0.25) is 0 Å². The number of thioether (sulfide) groups is 1. The maximum atomic E-state index is 6.48. The Hall–Kier alpha value is -2.95. The molecule has 0 unspecified atom stereocenters. The van der Waals surface area contributed by atoms with Gasteiger partial charge in [0.25, 0.3) is 0 Å². The average molecular weight is 457 g/mol. The molecule has 3 heterocycles. The Morgan fingerprint density at radius 1 is 1.06 bits per heavy atom. The highest BCUT2D eigenvalue weighted by Gasteiger charge is 2.30. The van der Waals surface area contributed by atoms with Crippen LogP contribution in [0, 0.1) is 0 Å². The van der Waals surface area contributed by atoms with Crippen molar-refractivity contribution >= 4 is 46.0 Å². The monoisotopic (exact) mass is 456 g/mol. The van der Waals surface area contributed by atoms with Gasteiger partial charge in [-0.3, -0.25) is 0 Å². The number of hydrogen-bond donors (Lipinski definition) is 0. The summed E-state index contributed by atoms with van der Waals surface area (Å²) in [6.45, 7) is 1.05. The van der Waals surface area contributed by atoms with E-state index >= 15 is 0 Å². The predicted molar refractivity (Wildman–Crippen MR) is 135 cm³/mol. The Balaban J connectivity index is 1.46. The molecule has 0 atom stereocenters. The summed E-state index contributed by atoms with van der Waals surface area (Å²) in [5.41, 5.74) is 6.91. The van der Waals surface area contributed by atoms with Gasteiger partial charge in [-0.1, -0.05) is 65.8 Å². The van der Waals surface area contributed by atoms with Crippen molar-refractivity contribution in [3.05, 3.63) is 88.0 Å². The maximum absolute atomic E-state index is 6.48. The second-order valence-corrected chi connectivity index (χ2v) is 9.52. The van der Waals surface area contributed by atoms with Gasteiger partial charge in [-0.2, -0.15) is 0 Å². The highest BCUT2D eigenvalue weighted by molar-refractivity contribution is 8.03. The first-order valence-corrected chi connectivity index (χ1v) is 11.9. The Morgan fingerprint density at radius 2 is 1.97 bits per heavy atom. The Morgan fingerprint density at radius 3 is 2.88 bits per heavy atom. The van der Waals surface area contributed by atoms with Crippen molar-refractivity contribution in [2.45, 2.75) is 17.7 Å². The van der Waals surface area contributed by atoms with Gasteiger partial charge < -0.3 is 9.64 Å². The fourth-order valence-corrected chi connectivity index (χ4v) is 6.12. The molecule has 3 aromatic carbocycles. The minimum atomic E-state index is 0.501. The summed E-state index contributed by atoms with van der Waals surface area (Å²) in [5, 5.41) is 2.85. The van der Waals surface area contributed by atoms with Crippen molar-refractivity contribution in [3.63, 3.8) is 0 Å². The highest BCUT2D eigenvalue weighted by atomic mass is 35.5. The number of pyridine rings is 1. The van der Waals surface area contributed by atoms with Crippen molar-refractivity contribution in [2.24, 2.45) is 0 Å². The lowest BCUT2D eigenvalue weighted by Crippen LogP contribution is -2.24. The largest absolute Gasteiger partial charge is 0.496 e. The molecule has 6 rings (SSSR count). The molecule has 5 heteroatoms.